The lowest BCUT2D eigenvalue weighted by molar-refractivity contribution is 0.775. The zero-order valence-corrected chi connectivity index (χ0v) is 24.6. The molecule has 206 valence electrons. The molecule has 2 aliphatic carbocycles. The molecule has 0 saturated carbocycles. The highest BCUT2D eigenvalue weighted by molar-refractivity contribution is 5.97. The van der Waals surface area contributed by atoms with Crippen LogP contribution in [0.4, 0.5) is 0 Å². The van der Waals surface area contributed by atoms with Crippen molar-refractivity contribution in [3.8, 4) is 55.6 Å². The first-order valence-corrected chi connectivity index (χ1v) is 15.4. The minimum atomic E-state index is -0.457. The summed E-state index contributed by atoms with van der Waals surface area (Å²) in [5.74, 6) is 0. The van der Waals surface area contributed by atoms with Crippen molar-refractivity contribution in [3.63, 3.8) is 0 Å². The molecule has 7 aromatic rings. The average Bonchev–Trinajstić information content (AvgIpc) is 3.33. The van der Waals surface area contributed by atoms with E-state index in [4.69, 9.17) is 0 Å². The van der Waals surface area contributed by atoms with Crippen molar-refractivity contribution in [3.05, 3.63) is 192 Å². The first kappa shape index (κ1) is 25.1. The largest absolute Gasteiger partial charge is 0.0725 e. The van der Waals surface area contributed by atoms with Gasteiger partial charge in [-0.15, -0.1) is 0 Å². The molecule has 0 bridgehead atoms. The smallest absolute Gasteiger partial charge is 0.0620 e. The van der Waals surface area contributed by atoms with Crippen molar-refractivity contribution in [1.82, 2.24) is 0 Å². The lowest BCUT2D eigenvalue weighted by atomic mass is 9.65. The normalized spacial score (nSPS) is 13.3. The highest BCUT2D eigenvalue weighted by Crippen LogP contribution is 2.61. The van der Waals surface area contributed by atoms with Crippen molar-refractivity contribution >= 4 is 0 Å². The minimum Gasteiger partial charge on any atom is -0.0620 e. The van der Waals surface area contributed by atoms with Crippen LogP contribution in [0.2, 0.25) is 0 Å². The van der Waals surface area contributed by atoms with Gasteiger partial charge in [0.05, 0.1) is 5.41 Å². The van der Waals surface area contributed by atoms with Gasteiger partial charge in [0.15, 0.2) is 0 Å². The van der Waals surface area contributed by atoms with Crippen LogP contribution in [-0.2, 0) is 5.41 Å². The Labute approximate surface area is 258 Å². The molecule has 0 heterocycles. The second kappa shape index (κ2) is 9.53. The molecule has 0 unspecified atom stereocenters. The summed E-state index contributed by atoms with van der Waals surface area (Å²) in [7, 11) is 0. The maximum atomic E-state index is 2.48. The van der Waals surface area contributed by atoms with E-state index in [-0.39, 0.29) is 0 Å². The summed E-state index contributed by atoms with van der Waals surface area (Å²) < 4.78 is 0. The Morgan fingerprint density at radius 2 is 0.727 bits per heavy atom. The molecular weight excluding hydrogens is 528 g/mol. The average molecular weight is 559 g/mol. The number of hydrogen-bond donors (Lipinski definition) is 0. The SMILES string of the molecule is Cc1ccccc1-c1cccc(-c2ccc3c(c2)C2(c4ccccc4-c4ccccc4-c4ccccc42)c2ccccc2-3)c1. The fraction of sp³-hybridized carbons (Fsp3) is 0.0455. The molecule has 0 aliphatic heterocycles. The molecule has 0 amide bonds. The van der Waals surface area contributed by atoms with Crippen LogP contribution in [0.5, 0.6) is 0 Å². The van der Waals surface area contributed by atoms with E-state index in [1.807, 2.05) is 0 Å². The van der Waals surface area contributed by atoms with Gasteiger partial charge in [-0.25, -0.2) is 0 Å². The monoisotopic (exact) mass is 558 g/mol. The lowest BCUT2D eigenvalue weighted by Crippen LogP contribution is -2.29. The van der Waals surface area contributed by atoms with E-state index in [9.17, 15) is 0 Å². The quantitative estimate of drug-likeness (QED) is 0.198. The van der Waals surface area contributed by atoms with Gasteiger partial charge >= 0.3 is 0 Å². The predicted molar refractivity (Wildman–Crippen MR) is 184 cm³/mol. The van der Waals surface area contributed by atoms with Crippen LogP contribution in [0, 0.1) is 6.92 Å². The van der Waals surface area contributed by atoms with E-state index < -0.39 is 5.41 Å². The van der Waals surface area contributed by atoms with E-state index in [0.717, 1.165) is 0 Å². The Morgan fingerprint density at radius 3 is 1.32 bits per heavy atom. The number of benzene rings is 7. The molecule has 9 rings (SSSR count). The summed E-state index contributed by atoms with van der Waals surface area (Å²) in [6.07, 6.45) is 0. The summed E-state index contributed by atoms with van der Waals surface area (Å²) in [4.78, 5) is 0. The fourth-order valence-corrected chi connectivity index (χ4v) is 7.99. The van der Waals surface area contributed by atoms with Crippen molar-refractivity contribution in [1.29, 1.82) is 0 Å². The third-order valence-electron chi connectivity index (χ3n) is 9.87. The Hall–Kier alpha value is -5.46. The number of rotatable bonds is 2. The highest BCUT2D eigenvalue weighted by atomic mass is 14.5. The molecule has 0 aromatic heterocycles. The molecule has 0 atom stereocenters. The summed E-state index contributed by atoms with van der Waals surface area (Å²) >= 11 is 0. The molecule has 0 heteroatoms. The van der Waals surface area contributed by atoms with E-state index in [0.29, 0.717) is 0 Å². The molecule has 0 radical (unpaired) electrons. The van der Waals surface area contributed by atoms with Gasteiger partial charge in [0.25, 0.3) is 0 Å². The number of aryl methyl sites for hydroxylation is 1. The Bertz CT molecular complexity index is 2180. The standard InChI is InChI=1S/C44H30/c1-29-13-2-3-16-33(29)32-15-12-14-30(27-32)31-25-26-39-38-21-8-11-24-42(38)44(43(39)28-31)40-22-9-6-19-36(40)34-17-4-5-18-35(34)37-20-7-10-23-41(37)44/h2-28H,1H3. The van der Waals surface area contributed by atoms with Crippen LogP contribution in [-0.4, -0.2) is 0 Å². The third kappa shape index (κ3) is 3.40. The van der Waals surface area contributed by atoms with E-state index in [1.165, 1.54) is 83.5 Å². The fourth-order valence-electron chi connectivity index (χ4n) is 7.99. The van der Waals surface area contributed by atoms with Crippen LogP contribution in [0.25, 0.3) is 55.6 Å². The summed E-state index contributed by atoms with van der Waals surface area (Å²) in [6.45, 7) is 2.19. The summed E-state index contributed by atoms with van der Waals surface area (Å²) in [5.41, 5.74) is 19.0. The summed E-state index contributed by atoms with van der Waals surface area (Å²) in [5, 5.41) is 0. The highest BCUT2D eigenvalue weighted by Gasteiger charge is 2.49. The second-order valence-electron chi connectivity index (χ2n) is 12.1. The van der Waals surface area contributed by atoms with Gasteiger partial charge < -0.3 is 0 Å². The van der Waals surface area contributed by atoms with Crippen LogP contribution in [0.15, 0.2) is 164 Å². The van der Waals surface area contributed by atoms with Crippen molar-refractivity contribution in [2.24, 2.45) is 0 Å². The molecule has 0 nitrogen and oxygen atoms in total. The second-order valence-corrected chi connectivity index (χ2v) is 12.1. The van der Waals surface area contributed by atoms with Gasteiger partial charge in [-0.1, -0.05) is 152 Å². The molecule has 1 spiro atoms. The van der Waals surface area contributed by atoms with E-state index in [1.54, 1.807) is 0 Å². The van der Waals surface area contributed by atoms with Crippen molar-refractivity contribution in [2.75, 3.05) is 0 Å². The molecule has 0 fully saturated rings. The zero-order chi connectivity index (χ0) is 29.3. The zero-order valence-electron chi connectivity index (χ0n) is 24.6. The first-order valence-electron chi connectivity index (χ1n) is 15.4. The Kier molecular flexibility index (Phi) is 5.43. The lowest BCUT2D eigenvalue weighted by Gasteiger charge is -2.35. The van der Waals surface area contributed by atoms with Gasteiger partial charge in [-0.3, -0.25) is 0 Å². The van der Waals surface area contributed by atoms with Crippen molar-refractivity contribution in [2.45, 2.75) is 12.3 Å². The summed E-state index contributed by atoms with van der Waals surface area (Å²) in [6, 6.07) is 61.0. The van der Waals surface area contributed by atoms with E-state index >= 15 is 0 Å². The number of hydrogen-bond acceptors (Lipinski definition) is 0. The Morgan fingerprint density at radius 1 is 0.295 bits per heavy atom. The molecule has 0 saturated heterocycles. The van der Waals surface area contributed by atoms with Crippen LogP contribution in [0.3, 0.4) is 0 Å². The Balaban J connectivity index is 1.37. The molecular formula is C44H30. The van der Waals surface area contributed by atoms with Gasteiger partial charge in [0, 0.05) is 0 Å². The number of fused-ring (bicyclic) bond motifs is 12. The minimum absolute atomic E-state index is 0.457. The molecule has 44 heavy (non-hydrogen) atoms. The first-order chi connectivity index (χ1) is 21.7. The maximum Gasteiger partial charge on any atom is 0.0725 e. The van der Waals surface area contributed by atoms with Gasteiger partial charge in [-0.05, 0) is 103 Å². The van der Waals surface area contributed by atoms with Gasteiger partial charge in [-0.2, -0.15) is 0 Å². The van der Waals surface area contributed by atoms with Gasteiger partial charge in [0.2, 0.25) is 0 Å². The molecule has 0 N–H and O–H groups in total. The van der Waals surface area contributed by atoms with Gasteiger partial charge in [0.1, 0.15) is 0 Å². The third-order valence-corrected chi connectivity index (χ3v) is 9.87. The maximum absolute atomic E-state index is 2.48. The van der Waals surface area contributed by atoms with Crippen LogP contribution in [0.1, 0.15) is 27.8 Å². The predicted octanol–water partition coefficient (Wildman–Crippen LogP) is 11.3. The van der Waals surface area contributed by atoms with Crippen LogP contribution < -0.4 is 0 Å². The van der Waals surface area contributed by atoms with E-state index in [2.05, 4.69) is 171 Å². The molecule has 2 aliphatic rings. The topological polar surface area (TPSA) is 0 Å². The van der Waals surface area contributed by atoms with Crippen LogP contribution >= 0.6 is 0 Å². The molecule has 7 aromatic carbocycles. The van der Waals surface area contributed by atoms with Crippen molar-refractivity contribution < 1.29 is 0 Å².